The highest BCUT2D eigenvalue weighted by Gasteiger charge is 2.45. The number of aliphatic hydroxyl groups is 1. The molecule has 11 heteroatoms. The first kappa shape index (κ1) is 25.0. The first-order chi connectivity index (χ1) is 16.5. The Morgan fingerprint density at radius 2 is 2.03 bits per heavy atom. The zero-order valence-corrected chi connectivity index (χ0v) is 21.0. The highest BCUT2D eigenvalue weighted by Crippen LogP contribution is 2.40. The van der Waals surface area contributed by atoms with Gasteiger partial charge < -0.3 is 20.1 Å². The van der Waals surface area contributed by atoms with Crippen molar-refractivity contribution >= 4 is 11.8 Å². The summed E-state index contributed by atoms with van der Waals surface area (Å²) in [6.07, 6.45) is 4.92. The van der Waals surface area contributed by atoms with Crippen LogP contribution < -0.4 is 10.1 Å². The molecule has 2 N–H and O–H groups in total. The van der Waals surface area contributed by atoms with Crippen molar-refractivity contribution in [3.05, 3.63) is 29.8 Å². The molecule has 0 bridgehead atoms. The Kier molecular flexibility index (Phi) is 7.07. The molecule has 1 aliphatic carbocycles. The largest absolute Gasteiger partial charge is 0.461 e. The van der Waals surface area contributed by atoms with Gasteiger partial charge in [0.2, 0.25) is 11.8 Å². The number of carbonyl (C=O) groups is 2. The minimum absolute atomic E-state index is 0.0690. The smallest absolute Gasteiger partial charge is 0.316 e. The first-order valence-corrected chi connectivity index (χ1v) is 12.2. The third-order valence-corrected chi connectivity index (χ3v) is 6.18. The van der Waals surface area contributed by atoms with Crippen LogP contribution in [0.4, 0.5) is 0 Å². The van der Waals surface area contributed by atoms with Gasteiger partial charge in [-0.05, 0) is 38.2 Å². The van der Waals surface area contributed by atoms with Crippen molar-refractivity contribution in [1.82, 2.24) is 35.2 Å². The molecule has 0 spiro atoms. The molecule has 2 aromatic heterocycles. The van der Waals surface area contributed by atoms with Crippen molar-refractivity contribution in [3.8, 4) is 6.01 Å². The third kappa shape index (κ3) is 5.95. The van der Waals surface area contributed by atoms with E-state index in [1.807, 2.05) is 40.8 Å². The van der Waals surface area contributed by atoms with Crippen molar-refractivity contribution in [2.45, 2.75) is 90.6 Å². The van der Waals surface area contributed by atoms with Crippen LogP contribution in [0, 0.1) is 5.41 Å². The van der Waals surface area contributed by atoms with Crippen molar-refractivity contribution in [1.29, 1.82) is 0 Å². The van der Waals surface area contributed by atoms with Crippen LogP contribution in [-0.4, -0.2) is 71.6 Å². The molecule has 0 aromatic carbocycles. The van der Waals surface area contributed by atoms with Gasteiger partial charge in [-0.2, -0.15) is 4.98 Å². The summed E-state index contributed by atoms with van der Waals surface area (Å²) in [6.45, 7) is 9.89. The van der Waals surface area contributed by atoms with Crippen molar-refractivity contribution in [2.24, 2.45) is 5.41 Å². The van der Waals surface area contributed by atoms with E-state index in [0.29, 0.717) is 11.6 Å². The van der Waals surface area contributed by atoms with Gasteiger partial charge in [-0.3, -0.25) is 9.59 Å². The Bertz CT molecular complexity index is 1060. The van der Waals surface area contributed by atoms with E-state index >= 15 is 0 Å². The Morgan fingerprint density at radius 3 is 2.69 bits per heavy atom. The summed E-state index contributed by atoms with van der Waals surface area (Å²) in [7, 11) is 0. The van der Waals surface area contributed by atoms with E-state index in [1.54, 1.807) is 16.9 Å². The summed E-state index contributed by atoms with van der Waals surface area (Å²) in [4.78, 5) is 36.8. The normalized spacial score (nSPS) is 21.3. The summed E-state index contributed by atoms with van der Waals surface area (Å²) >= 11 is 0. The van der Waals surface area contributed by atoms with Crippen molar-refractivity contribution in [2.75, 3.05) is 6.54 Å². The minimum Gasteiger partial charge on any atom is -0.461 e. The predicted octanol–water partition coefficient (Wildman–Crippen LogP) is 1.60. The predicted molar refractivity (Wildman–Crippen MR) is 126 cm³/mol. The van der Waals surface area contributed by atoms with E-state index < -0.39 is 23.6 Å². The molecule has 2 fully saturated rings. The van der Waals surface area contributed by atoms with E-state index in [4.69, 9.17) is 4.74 Å². The van der Waals surface area contributed by atoms with Gasteiger partial charge in [-0.1, -0.05) is 26.0 Å². The average molecular weight is 486 g/mol. The number of nitrogens with one attached hydrogen (secondary N) is 1. The molecular formula is C24H35N7O4. The molecule has 2 unspecified atom stereocenters. The molecule has 0 radical (unpaired) electrons. The molecule has 1 saturated heterocycles. The van der Waals surface area contributed by atoms with Gasteiger partial charge in [0.05, 0.1) is 30.1 Å². The fourth-order valence-electron chi connectivity index (χ4n) is 4.36. The van der Waals surface area contributed by atoms with Gasteiger partial charge in [-0.15, -0.1) is 5.10 Å². The lowest BCUT2D eigenvalue weighted by Gasteiger charge is -2.34. The molecule has 2 aliphatic rings. The lowest BCUT2D eigenvalue weighted by molar-refractivity contribution is -0.144. The highest BCUT2D eigenvalue weighted by molar-refractivity contribution is 5.90. The van der Waals surface area contributed by atoms with Gasteiger partial charge in [0.1, 0.15) is 12.1 Å². The maximum absolute atomic E-state index is 13.8. The first-order valence-electron chi connectivity index (χ1n) is 12.2. The van der Waals surface area contributed by atoms with Crippen molar-refractivity contribution in [3.63, 3.8) is 0 Å². The van der Waals surface area contributed by atoms with Crippen LogP contribution >= 0.6 is 0 Å². The number of hydrogen-bond donors (Lipinski definition) is 2. The average Bonchev–Trinajstić information content (AvgIpc) is 3.38. The number of hydrogen-bond acceptors (Lipinski definition) is 8. The van der Waals surface area contributed by atoms with Gasteiger partial charge >= 0.3 is 6.01 Å². The van der Waals surface area contributed by atoms with Crippen LogP contribution in [0.25, 0.3) is 0 Å². The van der Waals surface area contributed by atoms with Crippen LogP contribution in [0.2, 0.25) is 0 Å². The molecule has 2 aromatic rings. The second-order valence-corrected chi connectivity index (χ2v) is 10.8. The molecule has 1 aliphatic heterocycles. The summed E-state index contributed by atoms with van der Waals surface area (Å²) in [5, 5.41) is 21.7. The van der Waals surface area contributed by atoms with E-state index in [-0.39, 0.29) is 43.4 Å². The van der Waals surface area contributed by atoms with Crippen LogP contribution in [-0.2, 0) is 16.1 Å². The van der Waals surface area contributed by atoms with Crippen LogP contribution in [0.5, 0.6) is 6.01 Å². The quantitative estimate of drug-likeness (QED) is 0.576. The molecule has 2 amide bonds. The molecular weight excluding hydrogens is 450 g/mol. The molecule has 190 valence electrons. The number of ether oxygens (including phenoxy) is 1. The number of likely N-dealkylation sites (tertiary alicyclic amines) is 1. The van der Waals surface area contributed by atoms with E-state index in [0.717, 1.165) is 18.5 Å². The van der Waals surface area contributed by atoms with E-state index in [1.165, 1.54) is 4.90 Å². The topological polar surface area (TPSA) is 135 Å². The number of β-amino-alcohol motifs (C(OH)–C–C–N with tert-alkyl or cyclic N) is 1. The monoisotopic (exact) mass is 485 g/mol. The zero-order valence-electron chi connectivity index (χ0n) is 21.0. The Hall–Kier alpha value is -3.08. The van der Waals surface area contributed by atoms with Gasteiger partial charge in [-0.25, -0.2) is 9.67 Å². The van der Waals surface area contributed by atoms with Crippen LogP contribution in [0.1, 0.15) is 77.2 Å². The van der Waals surface area contributed by atoms with Crippen molar-refractivity contribution < 1.29 is 19.4 Å². The lowest BCUT2D eigenvalue weighted by atomic mass is 9.85. The maximum atomic E-state index is 13.8. The number of rotatable bonds is 8. The second kappa shape index (κ2) is 9.88. The van der Waals surface area contributed by atoms with E-state index in [2.05, 4.69) is 25.6 Å². The third-order valence-electron chi connectivity index (χ3n) is 6.18. The van der Waals surface area contributed by atoms with Gasteiger partial charge in [0, 0.05) is 31.3 Å². The SMILES string of the molecule is CC(C)Oc1nccc(CNC(=O)C2CC(O)CN2C(=O)[C@@H](n2cc(C3CC3)nn2)C(C)(C)C)n1. The van der Waals surface area contributed by atoms with Crippen LogP contribution in [0.15, 0.2) is 18.5 Å². The zero-order chi connectivity index (χ0) is 25.3. The maximum Gasteiger partial charge on any atom is 0.316 e. The fourth-order valence-corrected chi connectivity index (χ4v) is 4.36. The lowest BCUT2D eigenvalue weighted by Crippen LogP contribution is -2.50. The van der Waals surface area contributed by atoms with Crippen LogP contribution in [0.3, 0.4) is 0 Å². The standard InChI is InChI=1S/C24H35N7O4/c1-14(2)35-23-25-9-8-16(27-23)11-26-21(33)19-10-17(32)12-30(19)22(34)20(24(3,4)5)31-13-18(28-29-31)15-6-7-15/h8-9,13-15,17,19-20,32H,6-7,10-12H2,1-5H3,(H,26,33)/t17?,19?,20-/m1/s1. The molecule has 1 saturated carbocycles. The summed E-state index contributed by atoms with van der Waals surface area (Å²) < 4.78 is 7.13. The molecule has 3 atom stereocenters. The molecule has 35 heavy (non-hydrogen) atoms. The highest BCUT2D eigenvalue weighted by atomic mass is 16.5. The Balaban J connectivity index is 1.47. The van der Waals surface area contributed by atoms with Gasteiger partial charge in [0.15, 0.2) is 0 Å². The summed E-state index contributed by atoms with van der Waals surface area (Å²) in [5.74, 6) is -0.180. The second-order valence-electron chi connectivity index (χ2n) is 10.8. The fraction of sp³-hybridized carbons (Fsp3) is 0.667. The number of nitrogens with zero attached hydrogens (tertiary/aromatic N) is 6. The van der Waals surface area contributed by atoms with E-state index in [9.17, 15) is 14.7 Å². The number of aliphatic hydroxyl groups excluding tert-OH is 1. The number of carbonyl (C=O) groups excluding carboxylic acids is 2. The molecule has 11 nitrogen and oxygen atoms in total. The molecule has 3 heterocycles. The summed E-state index contributed by atoms with van der Waals surface area (Å²) in [6, 6.07) is 0.492. The van der Waals surface area contributed by atoms with Gasteiger partial charge in [0.25, 0.3) is 0 Å². The molecule has 4 rings (SSSR count). The summed E-state index contributed by atoms with van der Waals surface area (Å²) in [5.41, 5.74) is 1.00. The number of amides is 2. The number of aromatic nitrogens is 5. The Labute approximate surface area is 205 Å². The minimum atomic E-state index is -0.790. The Morgan fingerprint density at radius 1 is 1.29 bits per heavy atom.